The zero-order valence-corrected chi connectivity index (χ0v) is 20.3. The number of morpholine rings is 1. The number of carbonyl (C=O) groups is 1. The molecule has 14 heteroatoms. The molecule has 3 heterocycles. The fraction of sp³-hybridized carbons (Fsp3) is 0.320. The quantitative estimate of drug-likeness (QED) is 0.310. The number of hydrogen-bond donors (Lipinski definition) is 2. The Bertz CT molecular complexity index is 1560. The van der Waals surface area contributed by atoms with Gasteiger partial charge in [-0.15, -0.1) is 0 Å². The molecule has 1 aliphatic heterocycles. The summed E-state index contributed by atoms with van der Waals surface area (Å²) in [5.41, 5.74) is -2.65. The molecule has 0 unspecified atom stereocenters. The number of nitrogens with one attached hydrogen (secondary N) is 1. The number of aromatic nitrogens is 3. The summed E-state index contributed by atoms with van der Waals surface area (Å²) in [5, 5.41) is 12.2. The van der Waals surface area contributed by atoms with Crippen LogP contribution in [0.5, 0.6) is 0 Å². The average molecular weight is 553 g/mol. The summed E-state index contributed by atoms with van der Waals surface area (Å²) in [6.07, 6.45) is -8.96. The highest BCUT2D eigenvalue weighted by Crippen LogP contribution is 2.39. The normalized spacial score (nSPS) is 15.6. The van der Waals surface area contributed by atoms with Crippen molar-refractivity contribution in [3.63, 3.8) is 0 Å². The summed E-state index contributed by atoms with van der Waals surface area (Å²) >= 11 is 0. The van der Waals surface area contributed by atoms with E-state index in [0.29, 0.717) is 13.1 Å². The molecule has 4 aromatic rings. The first kappa shape index (κ1) is 26.5. The second kappa shape index (κ2) is 9.59. The van der Waals surface area contributed by atoms with E-state index >= 15 is 0 Å². The summed E-state index contributed by atoms with van der Waals surface area (Å²) in [4.78, 5) is 21.6. The fourth-order valence-corrected chi connectivity index (χ4v) is 4.55. The summed E-state index contributed by atoms with van der Waals surface area (Å²) in [5.74, 6) is -1.17. The van der Waals surface area contributed by atoms with Gasteiger partial charge in [0, 0.05) is 35.9 Å². The number of fused-ring (bicyclic) bond motifs is 3. The Morgan fingerprint density at radius 1 is 1.05 bits per heavy atom. The number of carboxylic acids is 1. The van der Waals surface area contributed by atoms with Crippen LogP contribution < -0.4 is 10.2 Å². The molecule has 1 atom stereocenters. The van der Waals surface area contributed by atoms with Gasteiger partial charge in [-0.25, -0.2) is 14.8 Å². The number of aromatic carboxylic acids is 1. The Balaban J connectivity index is 1.78. The van der Waals surface area contributed by atoms with Crippen LogP contribution in [0.15, 0.2) is 42.6 Å². The van der Waals surface area contributed by atoms with Crippen molar-refractivity contribution in [3.8, 4) is 0 Å². The van der Waals surface area contributed by atoms with Crippen LogP contribution in [0.4, 0.5) is 38.0 Å². The predicted molar refractivity (Wildman–Crippen MR) is 129 cm³/mol. The molecule has 1 fully saturated rings. The highest BCUT2D eigenvalue weighted by Gasteiger charge is 2.37. The van der Waals surface area contributed by atoms with E-state index in [1.54, 1.807) is 11.0 Å². The van der Waals surface area contributed by atoms with E-state index in [-0.39, 0.29) is 52.5 Å². The number of carboxylic acid groups (broad SMARTS) is 1. The Morgan fingerprint density at radius 2 is 1.74 bits per heavy atom. The van der Waals surface area contributed by atoms with E-state index in [1.165, 1.54) is 25.1 Å². The van der Waals surface area contributed by atoms with E-state index in [2.05, 4.69) is 15.3 Å². The van der Waals surface area contributed by atoms with Gasteiger partial charge < -0.3 is 20.1 Å². The zero-order valence-electron chi connectivity index (χ0n) is 20.3. The van der Waals surface area contributed by atoms with Gasteiger partial charge in [0.2, 0.25) is 5.95 Å². The van der Waals surface area contributed by atoms with E-state index in [9.17, 15) is 36.2 Å². The third kappa shape index (κ3) is 5.03. The lowest BCUT2D eigenvalue weighted by Gasteiger charge is -2.29. The average Bonchev–Trinajstić information content (AvgIpc) is 3.34. The minimum absolute atomic E-state index is 0.00382. The zero-order chi connectivity index (χ0) is 28.1. The van der Waals surface area contributed by atoms with Gasteiger partial charge in [0.05, 0.1) is 35.9 Å². The molecule has 0 aliphatic carbocycles. The van der Waals surface area contributed by atoms with Crippen LogP contribution in [-0.4, -0.2) is 51.7 Å². The molecule has 8 nitrogen and oxygen atoms in total. The molecule has 39 heavy (non-hydrogen) atoms. The minimum atomic E-state index is -4.85. The summed E-state index contributed by atoms with van der Waals surface area (Å²) in [7, 11) is 0. The van der Waals surface area contributed by atoms with E-state index < -0.39 is 35.6 Å². The molecule has 2 aromatic heterocycles. The van der Waals surface area contributed by atoms with Crippen LogP contribution in [0.2, 0.25) is 0 Å². The number of nitrogens with zero attached hydrogens (tertiary/aromatic N) is 4. The molecule has 206 valence electrons. The fourth-order valence-electron chi connectivity index (χ4n) is 4.55. The number of benzene rings is 2. The molecule has 5 rings (SSSR count). The smallest absolute Gasteiger partial charge is 0.434 e. The Hall–Kier alpha value is -4.07. The lowest BCUT2D eigenvalue weighted by molar-refractivity contribution is -0.141. The van der Waals surface area contributed by atoms with Crippen LogP contribution in [0.25, 0.3) is 16.6 Å². The minimum Gasteiger partial charge on any atom is -0.478 e. The topological polar surface area (TPSA) is 92.0 Å². The third-order valence-corrected chi connectivity index (χ3v) is 6.42. The SMILES string of the molecule is C[C@@H](Nc1ccccc1C(=O)O)c1cc(C(F)(F)F)cc2c1nc(N1CCOCC1)n1cc(C(F)(F)F)nc21. The lowest BCUT2D eigenvalue weighted by atomic mass is 9.99. The van der Waals surface area contributed by atoms with Crippen molar-refractivity contribution < 1.29 is 41.0 Å². The molecular formula is C25H21F6N5O3. The van der Waals surface area contributed by atoms with Crippen molar-refractivity contribution >= 4 is 34.2 Å². The Morgan fingerprint density at radius 3 is 2.38 bits per heavy atom. The highest BCUT2D eigenvalue weighted by atomic mass is 19.4. The number of alkyl halides is 6. The monoisotopic (exact) mass is 553 g/mol. The summed E-state index contributed by atoms with van der Waals surface area (Å²) < 4.78 is 89.3. The second-order valence-corrected chi connectivity index (χ2v) is 9.00. The summed E-state index contributed by atoms with van der Waals surface area (Å²) in [6.45, 7) is 2.67. The van der Waals surface area contributed by atoms with Gasteiger partial charge in [0.15, 0.2) is 5.69 Å². The Kier molecular flexibility index (Phi) is 6.53. The molecule has 2 aromatic carbocycles. The van der Waals surface area contributed by atoms with Crippen LogP contribution in [0.1, 0.15) is 40.1 Å². The van der Waals surface area contributed by atoms with Gasteiger partial charge in [-0.2, -0.15) is 26.3 Å². The van der Waals surface area contributed by atoms with Gasteiger partial charge in [-0.1, -0.05) is 12.1 Å². The molecule has 1 aliphatic rings. The predicted octanol–water partition coefficient (Wildman–Crippen LogP) is 5.63. The number of anilines is 2. The lowest BCUT2D eigenvalue weighted by Crippen LogP contribution is -2.38. The van der Waals surface area contributed by atoms with Crippen molar-refractivity contribution in [2.45, 2.75) is 25.3 Å². The van der Waals surface area contributed by atoms with Crippen molar-refractivity contribution in [1.29, 1.82) is 0 Å². The van der Waals surface area contributed by atoms with Crippen molar-refractivity contribution in [2.75, 3.05) is 36.5 Å². The second-order valence-electron chi connectivity index (χ2n) is 9.00. The first-order valence-electron chi connectivity index (χ1n) is 11.8. The number of ether oxygens (including phenoxy) is 1. The standard InChI is InChI=1S/C25H21F6N5O3/c1-13(32-18-5-3-2-4-15(18)22(37)38)16-10-14(24(26,27)28)11-17-20(16)34-23(35-6-8-39-9-7-35)36-12-19(25(29,30)31)33-21(17)36/h2-5,10-13,32H,6-9H2,1H3,(H,37,38)/t13-/m1/s1. The maximum atomic E-state index is 14.0. The molecule has 0 radical (unpaired) electrons. The van der Waals surface area contributed by atoms with Crippen LogP contribution in [0.3, 0.4) is 0 Å². The summed E-state index contributed by atoms with van der Waals surface area (Å²) in [6, 6.07) is 6.53. The molecule has 1 saturated heterocycles. The van der Waals surface area contributed by atoms with Gasteiger partial charge in [-0.3, -0.25) is 4.40 Å². The number of rotatable bonds is 5. The van der Waals surface area contributed by atoms with Gasteiger partial charge in [0.1, 0.15) is 5.65 Å². The van der Waals surface area contributed by atoms with Crippen molar-refractivity contribution in [1.82, 2.24) is 14.4 Å². The molecule has 0 amide bonds. The molecule has 2 N–H and O–H groups in total. The molecular weight excluding hydrogens is 532 g/mol. The number of imidazole rings is 1. The number of hydrogen-bond acceptors (Lipinski definition) is 6. The third-order valence-electron chi connectivity index (χ3n) is 6.42. The van der Waals surface area contributed by atoms with E-state index in [1.807, 2.05) is 0 Å². The molecule has 0 bridgehead atoms. The van der Waals surface area contributed by atoms with Crippen molar-refractivity contribution in [2.24, 2.45) is 0 Å². The van der Waals surface area contributed by atoms with E-state index in [0.717, 1.165) is 22.7 Å². The highest BCUT2D eigenvalue weighted by molar-refractivity contribution is 5.97. The van der Waals surface area contributed by atoms with Gasteiger partial charge in [0.25, 0.3) is 0 Å². The number of para-hydroxylation sites is 1. The maximum absolute atomic E-state index is 14.0. The van der Waals surface area contributed by atoms with E-state index in [4.69, 9.17) is 4.74 Å². The number of halogens is 6. The van der Waals surface area contributed by atoms with Crippen molar-refractivity contribution in [3.05, 3.63) is 65.0 Å². The van der Waals surface area contributed by atoms with Crippen LogP contribution in [0, 0.1) is 0 Å². The Labute approximate surface area is 216 Å². The van der Waals surface area contributed by atoms with Crippen LogP contribution in [-0.2, 0) is 17.1 Å². The van der Waals surface area contributed by atoms with Gasteiger partial charge in [-0.05, 0) is 31.2 Å². The van der Waals surface area contributed by atoms with Gasteiger partial charge >= 0.3 is 18.3 Å². The first-order chi connectivity index (χ1) is 18.3. The maximum Gasteiger partial charge on any atom is 0.434 e. The molecule has 0 spiro atoms. The molecule has 0 saturated carbocycles. The largest absolute Gasteiger partial charge is 0.478 e. The van der Waals surface area contributed by atoms with Crippen LogP contribution >= 0.6 is 0 Å². The first-order valence-corrected chi connectivity index (χ1v) is 11.8.